The largest absolute Gasteiger partial charge is 0.480 e. The maximum Gasteiger partial charge on any atom is 0.324 e. The lowest BCUT2D eigenvalue weighted by Crippen LogP contribution is -2.38. The number of nitrogens with one attached hydrogen (secondary N) is 1. The number of hydrogen-bond donors (Lipinski definition) is 3. The Bertz CT molecular complexity index is 172. The molecule has 0 saturated heterocycles. The highest BCUT2D eigenvalue weighted by Gasteiger charge is 2.15. The summed E-state index contributed by atoms with van der Waals surface area (Å²) in [6.45, 7) is -0.153. The summed E-state index contributed by atoms with van der Waals surface area (Å²) in [5, 5.41) is 13.1. The van der Waals surface area contributed by atoms with Gasteiger partial charge in [-0.3, -0.25) is 9.80 Å². The second-order valence-corrected chi connectivity index (χ2v) is 2.00. The quantitative estimate of drug-likeness (QED) is 0.449. The van der Waals surface area contributed by atoms with Crippen molar-refractivity contribution in [2.75, 3.05) is 6.54 Å². The molecule has 0 atom stereocenters. The first-order valence-electron chi connectivity index (χ1n) is 2.46. The number of rotatable bonds is 2. The average molecular weight is 162 g/mol. The number of aliphatic carboxylic acids is 1. The molecule has 1 rings (SSSR count). The van der Waals surface area contributed by atoms with E-state index in [1.807, 2.05) is 0 Å². The van der Waals surface area contributed by atoms with Gasteiger partial charge in [0.05, 0.1) is 0 Å². The summed E-state index contributed by atoms with van der Waals surface area (Å²) in [6, 6.07) is 0. The van der Waals surface area contributed by atoms with Crippen molar-refractivity contribution in [3.8, 4) is 0 Å². The minimum atomic E-state index is -0.936. The van der Waals surface area contributed by atoms with Crippen LogP contribution in [0.5, 0.6) is 0 Å². The Kier molecular flexibility index (Phi) is 1.97. The Morgan fingerprint density at radius 3 is 3.00 bits per heavy atom. The van der Waals surface area contributed by atoms with E-state index in [0.717, 1.165) is 0 Å². The fourth-order valence-electron chi connectivity index (χ4n) is 0.497. The van der Waals surface area contributed by atoms with Crippen LogP contribution in [0.25, 0.3) is 0 Å². The Balaban J connectivity index is 2.40. The molecule has 7 heteroatoms. The van der Waals surface area contributed by atoms with Crippen LogP contribution in [0.2, 0.25) is 0 Å². The van der Waals surface area contributed by atoms with E-state index >= 15 is 0 Å². The van der Waals surface area contributed by atoms with E-state index in [1.165, 1.54) is 15.9 Å². The predicted molar refractivity (Wildman–Crippen MR) is 36.8 cm³/mol. The number of thiol groups is 1. The zero-order valence-electron chi connectivity index (χ0n) is 4.93. The molecule has 1 aliphatic rings. The van der Waals surface area contributed by atoms with E-state index in [2.05, 4.69) is 23.5 Å². The SMILES string of the molecule is O=C(O)CN1C=NNN1S. The van der Waals surface area contributed by atoms with E-state index in [0.29, 0.717) is 0 Å². The summed E-state index contributed by atoms with van der Waals surface area (Å²) >= 11 is 3.82. The van der Waals surface area contributed by atoms with Crippen molar-refractivity contribution in [3.05, 3.63) is 0 Å². The van der Waals surface area contributed by atoms with E-state index in [-0.39, 0.29) is 6.54 Å². The van der Waals surface area contributed by atoms with Crippen molar-refractivity contribution < 1.29 is 9.90 Å². The Morgan fingerprint density at radius 1 is 1.90 bits per heavy atom. The monoisotopic (exact) mass is 162 g/mol. The highest BCUT2D eigenvalue weighted by atomic mass is 32.1. The molecule has 0 unspecified atom stereocenters. The molecule has 0 amide bonds. The molecule has 1 heterocycles. The third-order valence-electron chi connectivity index (χ3n) is 0.879. The number of carboxylic acid groups (broad SMARTS) is 1. The topological polar surface area (TPSA) is 68.2 Å². The molecule has 0 spiro atoms. The highest BCUT2D eigenvalue weighted by Crippen LogP contribution is 1.99. The molecule has 0 radical (unpaired) electrons. The van der Waals surface area contributed by atoms with Gasteiger partial charge in [0.25, 0.3) is 0 Å². The molecule has 10 heavy (non-hydrogen) atoms. The van der Waals surface area contributed by atoms with Gasteiger partial charge in [-0.25, -0.2) is 5.53 Å². The number of carbonyl (C=O) groups is 1. The van der Waals surface area contributed by atoms with Crippen LogP contribution in [0, 0.1) is 0 Å². The number of carboxylic acids is 1. The molecule has 1 aliphatic heterocycles. The number of nitrogens with zero attached hydrogens (tertiary/aromatic N) is 3. The van der Waals surface area contributed by atoms with Crippen LogP contribution in [-0.2, 0) is 4.79 Å². The van der Waals surface area contributed by atoms with Gasteiger partial charge in [-0.15, -0.1) is 0 Å². The molecular formula is C3H6N4O2S. The number of hydrazone groups is 1. The van der Waals surface area contributed by atoms with Crippen molar-refractivity contribution in [2.24, 2.45) is 5.10 Å². The van der Waals surface area contributed by atoms with Crippen LogP contribution < -0.4 is 5.53 Å². The lowest BCUT2D eigenvalue weighted by molar-refractivity contribution is -0.139. The lowest BCUT2D eigenvalue weighted by atomic mass is 10.6. The van der Waals surface area contributed by atoms with E-state index in [9.17, 15) is 4.79 Å². The summed E-state index contributed by atoms with van der Waals surface area (Å²) in [7, 11) is 0. The van der Waals surface area contributed by atoms with E-state index in [4.69, 9.17) is 5.11 Å². The van der Waals surface area contributed by atoms with Crippen molar-refractivity contribution in [1.82, 2.24) is 15.1 Å². The van der Waals surface area contributed by atoms with Gasteiger partial charge in [-0.1, -0.05) is 4.52 Å². The maximum atomic E-state index is 10.1. The Labute approximate surface area is 62.6 Å². The van der Waals surface area contributed by atoms with Crippen molar-refractivity contribution in [1.29, 1.82) is 0 Å². The smallest absolute Gasteiger partial charge is 0.324 e. The normalized spacial score (nSPS) is 17.5. The second kappa shape index (κ2) is 2.76. The Hall–Kier alpha value is -0.950. The third kappa shape index (κ3) is 1.52. The van der Waals surface area contributed by atoms with Gasteiger partial charge in [0.15, 0.2) is 0 Å². The fraction of sp³-hybridized carbons (Fsp3) is 0.333. The van der Waals surface area contributed by atoms with E-state index < -0.39 is 5.97 Å². The number of hydrogen-bond acceptors (Lipinski definition) is 6. The van der Waals surface area contributed by atoms with Crippen molar-refractivity contribution in [2.45, 2.75) is 0 Å². The molecule has 0 aromatic carbocycles. The summed E-state index contributed by atoms with van der Waals surface area (Å²) in [6.07, 6.45) is 1.33. The van der Waals surface area contributed by atoms with Gasteiger partial charge in [0, 0.05) is 0 Å². The van der Waals surface area contributed by atoms with Crippen molar-refractivity contribution in [3.63, 3.8) is 0 Å². The van der Waals surface area contributed by atoms with Gasteiger partial charge >= 0.3 is 5.97 Å². The number of hydrazine groups is 2. The van der Waals surface area contributed by atoms with E-state index in [1.54, 1.807) is 0 Å². The lowest BCUT2D eigenvalue weighted by Gasteiger charge is -2.17. The van der Waals surface area contributed by atoms with Crippen LogP contribution in [-0.4, -0.2) is 33.5 Å². The minimum absolute atomic E-state index is 0.153. The summed E-state index contributed by atoms with van der Waals surface area (Å²) < 4.78 is 1.17. The van der Waals surface area contributed by atoms with Gasteiger partial charge in [-0.2, -0.15) is 5.10 Å². The van der Waals surface area contributed by atoms with Crippen LogP contribution in [0.4, 0.5) is 0 Å². The maximum absolute atomic E-state index is 10.1. The molecule has 0 aliphatic carbocycles. The molecule has 2 N–H and O–H groups in total. The summed E-state index contributed by atoms with van der Waals surface area (Å²) in [5.74, 6) is -0.936. The molecule has 0 aromatic rings. The molecule has 56 valence electrons. The van der Waals surface area contributed by atoms with Crippen LogP contribution in [0.1, 0.15) is 0 Å². The fourth-order valence-corrected chi connectivity index (χ4v) is 0.658. The van der Waals surface area contributed by atoms with Crippen LogP contribution >= 0.6 is 12.8 Å². The summed E-state index contributed by atoms with van der Waals surface area (Å²) in [4.78, 5) is 10.1. The molecule has 6 nitrogen and oxygen atoms in total. The molecule has 0 fully saturated rings. The Morgan fingerprint density at radius 2 is 2.60 bits per heavy atom. The molecular weight excluding hydrogens is 156 g/mol. The molecule has 0 aromatic heterocycles. The zero-order valence-corrected chi connectivity index (χ0v) is 5.82. The van der Waals surface area contributed by atoms with Gasteiger partial charge in [-0.05, 0) is 12.8 Å². The van der Waals surface area contributed by atoms with Crippen molar-refractivity contribution >= 4 is 25.1 Å². The molecule has 0 bridgehead atoms. The minimum Gasteiger partial charge on any atom is -0.480 e. The predicted octanol–water partition coefficient (Wildman–Crippen LogP) is -1.10. The van der Waals surface area contributed by atoms with Gasteiger partial charge in [0.2, 0.25) is 0 Å². The van der Waals surface area contributed by atoms with Crippen LogP contribution in [0.3, 0.4) is 0 Å². The first-order chi connectivity index (χ1) is 4.70. The first kappa shape index (κ1) is 7.16. The average Bonchev–Trinajstić information content (AvgIpc) is 2.15. The first-order valence-corrected chi connectivity index (χ1v) is 2.86. The van der Waals surface area contributed by atoms with Gasteiger partial charge in [0.1, 0.15) is 12.9 Å². The van der Waals surface area contributed by atoms with Crippen LogP contribution in [0.15, 0.2) is 5.10 Å². The zero-order chi connectivity index (χ0) is 7.56. The highest BCUT2D eigenvalue weighted by molar-refractivity contribution is 7.77. The summed E-state index contributed by atoms with van der Waals surface area (Å²) in [5.41, 5.74) is 2.40. The van der Waals surface area contributed by atoms with Gasteiger partial charge < -0.3 is 5.11 Å². The second-order valence-electron chi connectivity index (χ2n) is 1.63. The molecule has 0 saturated carbocycles. The standard InChI is InChI=1S/C3H6N4O2S/c8-3(9)1-6-2-4-5-7(6)10/h2,5,10H,1H2,(H,8,9). The third-order valence-corrected chi connectivity index (χ3v) is 1.20.